The summed E-state index contributed by atoms with van der Waals surface area (Å²) in [4.78, 5) is 30.0. The van der Waals surface area contributed by atoms with Crippen molar-refractivity contribution in [2.75, 3.05) is 6.79 Å². The molecule has 2 heterocycles. The van der Waals surface area contributed by atoms with Crippen molar-refractivity contribution < 1.29 is 19.2 Å². The van der Waals surface area contributed by atoms with Crippen LogP contribution in [0.3, 0.4) is 0 Å². The molecule has 0 saturated heterocycles. The van der Waals surface area contributed by atoms with Gasteiger partial charge in [-0.25, -0.2) is 4.99 Å². The highest BCUT2D eigenvalue weighted by Gasteiger charge is 2.26. The monoisotopic (exact) mass is 463 g/mol. The van der Waals surface area contributed by atoms with Gasteiger partial charge in [0.05, 0.1) is 22.1 Å². The topological polar surface area (TPSA) is 103 Å². The lowest BCUT2D eigenvalue weighted by molar-refractivity contribution is -0.385. The van der Waals surface area contributed by atoms with Crippen LogP contribution in [-0.4, -0.2) is 23.8 Å². The number of nitrogens with zero attached hydrogens (tertiary/aromatic N) is 2. The summed E-state index contributed by atoms with van der Waals surface area (Å²) in [7, 11) is 0. The van der Waals surface area contributed by atoms with Crippen LogP contribution in [0.1, 0.15) is 44.8 Å². The Bertz CT molecular complexity index is 1250. The highest BCUT2D eigenvalue weighted by molar-refractivity contribution is 7.16. The van der Waals surface area contributed by atoms with Gasteiger partial charge in [-0.1, -0.05) is 30.3 Å². The van der Waals surface area contributed by atoms with Gasteiger partial charge in [0.25, 0.3) is 11.6 Å². The lowest BCUT2D eigenvalue weighted by atomic mass is 9.95. The number of carbonyl (C=O) groups excluding carboxylic acids is 1. The molecule has 1 aliphatic carbocycles. The number of benzene rings is 2. The lowest BCUT2D eigenvalue weighted by Crippen LogP contribution is -2.24. The summed E-state index contributed by atoms with van der Waals surface area (Å²) in [6.45, 7) is 0.442. The molecule has 0 radical (unpaired) electrons. The van der Waals surface area contributed by atoms with Gasteiger partial charge < -0.3 is 14.8 Å². The van der Waals surface area contributed by atoms with E-state index in [0.29, 0.717) is 34.2 Å². The smallest absolute Gasteiger partial charge is 0.282 e. The molecule has 9 heteroatoms. The van der Waals surface area contributed by atoms with Crippen molar-refractivity contribution in [1.82, 2.24) is 5.32 Å². The van der Waals surface area contributed by atoms with Crippen molar-refractivity contribution in [3.63, 3.8) is 0 Å². The number of fused-ring (bicyclic) bond motifs is 2. The fourth-order valence-electron chi connectivity index (χ4n) is 4.08. The molecule has 5 rings (SSSR count). The first-order valence-electron chi connectivity index (χ1n) is 10.7. The van der Waals surface area contributed by atoms with Gasteiger partial charge in [0.1, 0.15) is 5.00 Å². The Hall–Kier alpha value is -3.72. The molecule has 8 nitrogen and oxygen atoms in total. The summed E-state index contributed by atoms with van der Waals surface area (Å²) in [5.74, 6) is 0.602. The Morgan fingerprint density at radius 3 is 2.70 bits per heavy atom. The van der Waals surface area contributed by atoms with Crippen LogP contribution < -0.4 is 14.8 Å². The van der Waals surface area contributed by atoms with Crippen LogP contribution in [-0.2, 0) is 19.4 Å². The molecule has 168 valence electrons. The van der Waals surface area contributed by atoms with Crippen LogP contribution in [0.25, 0.3) is 0 Å². The molecule has 0 saturated carbocycles. The molecule has 1 aliphatic heterocycles. The number of aryl methyl sites for hydroxylation is 1. The summed E-state index contributed by atoms with van der Waals surface area (Å²) < 4.78 is 10.6. The Morgan fingerprint density at radius 1 is 1.15 bits per heavy atom. The average Bonchev–Trinajstić information content (AvgIpc) is 3.44. The minimum Gasteiger partial charge on any atom is -0.454 e. The highest BCUT2D eigenvalue weighted by atomic mass is 32.1. The fourth-order valence-corrected chi connectivity index (χ4v) is 5.31. The molecule has 0 spiro atoms. The molecule has 33 heavy (non-hydrogen) atoms. The van der Waals surface area contributed by atoms with Gasteiger partial charge in [-0.05, 0) is 42.9 Å². The predicted octanol–water partition coefficient (Wildman–Crippen LogP) is 4.94. The van der Waals surface area contributed by atoms with Crippen LogP contribution >= 0.6 is 11.3 Å². The molecule has 0 fully saturated rings. The van der Waals surface area contributed by atoms with Crippen molar-refractivity contribution in [3.8, 4) is 11.5 Å². The van der Waals surface area contributed by atoms with Gasteiger partial charge in [0.2, 0.25) is 6.79 Å². The van der Waals surface area contributed by atoms with Gasteiger partial charge in [0, 0.05) is 17.6 Å². The van der Waals surface area contributed by atoms with E-state index in [1.807, 2.05) is 30.3 Å². The van der Waals surface area contributed by atoms with Crippen LogP contribution in [0.5, 0.6) is 11.5 Å². The number of aliphatic imine (C=N–C) groups is 1. The third-order valence-corrected chi connectivity index (χ3v) is 6.91. The van der Waals surface area contributed by atoms with Crippen LogP contribution in [0.2, 0.25) is 0 Å². The first-order chi connectivity index (χ1) is 16.1. The van der Waals surface area contributed by atoms with E-state index in [1.54, 1.807) is 6.07 Å². The summed E-state index contributed by atoms with van der Waals surface area (Å²) in [6, 6.07) is 12.6. The number of nitro groups is 1. The number of ether oxygens (including phenoxy) is 2. The van der Waals surface area contributed by atoms with Gasteiger partial charge in [-0.3, -0.25) is 14.9 Å². The Morgan fingerprint density at radius 2 is 1.91 bits per heavy atom. The maximum atomic E-state index is 13.2. The van der Waals surface area contributed by atoms with Crippen LogP contribution in [0.4, 0.5) is 10.7 Å². The number of nitro benzene ring substituents is 1. The highest BCUT2D eigenvalue weighted by Crippen LogP contribution is 2.41. The van der Waals surface area contributed by atoms with Crippen molar-refractivity contribution in [2.45, 2.75) is 32.2 Å². The molecule has 0 bridgehead atoms. The Labute approximate surface area is 194 Å². The zero-order valence-electron chi connectivity index (χ0n) is 17.7. The second-order valence-electron chi connectivity index (χ2n) is 7.84. The number of amides is 1. The quantitative estimate of drug-likeness (QED) is 0.317. The van der Waals surface area contributed by atoms with E-state index in [-0.39, 0.29) is 18.4 Å². The number of hydrogen-bond donors (Lipinski definition) is 1. The molecule has 0 atom stereocenters. The summed E-state index contributed by atoms with van der Waals surface area (Å²) in [5, 5.41) is 15.1. The molecule has 2 aliphatic rings. The third-order valence-electron chi connectivity index (χ3n) is 5.72. The predicted molar refractivity (Wildman–Crippen MR) is 125 cm³/mol. The molecule has 1 N–H and O–H groups in total. The maximum absolute atomic E-state index is 13.2. The largest absolute Gasteiger partial charge is 0.454 e. The zero-order chi connectivity index (χ0) is 22.8. The number of carbonyl (C=O) groups is 1. The molecule has 1 aromatic heterocycles. The van der Waals surface area contributed by atoms with E-state index in [4.69, 9.17) is 9.47 Å². The number of rotatable bonds is 6. The van der Waals surface area contributed by atoms with Crippen molar-refractivity contribution >= 4 is 34.1 Å². The molecule has 3 aromatic rings. The normalized spacial score (nSPS) is 14.3. The molecule has 2 aromatic carbocycles. The van der Waals surface area contributed by atoms with Gasteiger partial charge >= 0.3 is 0 Å². The molecule has 0 unspecified atom stereocenters. The van der Waals surface area contributed by atoms with E-state index >= 15 is 0 Å². The second-order valence-corrected chi connectivity index (χ2v) is 8.92. The van der Waals surface area contributed by atoms with Gasteiger partial charge in [-0.2, -0.15) is 0 Å². The number of hydrogen-bond acceptors (Lipinski definition) is 7. The zero-order valence-corrected chi connectivity index (χ0v) is 18.5. The van der Waals surface area contributed by atoms with E-state index in [2.05, 4.69) is 10.3 Å². The van der Waals surface area contributed by atoms with Crippen LogP contribution in [0, 0.1) is 10.1 Å². The standard InChI is InChI=1S/C24H21N3O5S/c28-23(25-12-15-6-2-1-3-7-15)22-17-8-4-5-9-21(17)33-24(22)26-13-16-10-19-20(32-14-31-19)11-18(16)27(29)30/h1-3,6-7,10-11,13H,4-5,8-9,12,14H2,(H,25,28). The summed E-state index contributed by atoms with van der Waals surface area (Å²) in [6.07, 6.45) is 5.29. The van der Waals surface area contributed by atoms with E-state index in [1.165, 1.54) is 28.5 Å². The Balaban J connectivity index is 1.47. The van der Waals surface area contributed by atoms with Gasteiger partial charge in [-0.15, -0.1) is 11.3 Å². The van der Waals surface area contributed by atoms with E-state index in [0.717, 1.165) is 36.8 Å². The molecular weight excluding hydrogens is 442 g/mol. The summed E-state index contributed by atoms with van der Waals surface area (Å²) in [5.41, 5.74) is 2.80. The second kappa shape index (κ2) is 9.03. The molecular formula is C24H21N3O5S. The summed E-state index contributed by atoms with van der Waals surface area (Å²) >= 11 is 1.49. The first kappa shape index (κ1) is 21.1. The average molecular weight is 464 g/mol. The minimum absolute atomic E-state index is 0.0243. The SMILES string of the molecule is O=C(NCc1ccccc1)c1c(N=Cc2cc3c(cc2[N+](=O)[O-])OCO3)sc2c1CCCC2. The van der Waals surface area contributed by atoms with Crippen molar-refractivity contribution in [1.29, 1.82) is 0 Å². The third kappa shape index (κ3) is 4.31. The first-order valence-corrected chi connectivity index (χ1v) is 11.5. The van der Waals surface area contributed by atoms with E-state index < -0.39 is 4.92 Å². The van der Waals surface area contributed by atoms with Crippen molar-refractivity contribution in [2.24, 2.45) is 4.99 Å². The van der Waals surface area contributed by atoms with Crippen LogP contribution in [0.15, 0.2) is 47.5 Å². The van der Waals surface area contributed by atoms with Crippen molar-refractivity contribution in [3.05, 3.63) is 79.7 Å². The lowest BCUT2D eigenvalue weighted by Gasteiger charge is -2.12. The Kier molecular flexibility index (Phi) is 5.78. The maximum Gasteiger partial charge on any atom is 0.282 e. The fraction of sp³-hybridized carbons (Fsp3) is 0.250. The van der Waals surface area contributed by atoms with E-state index in [9.17, 15) is 14.9 Å². The minimum atomic E-state index is -0.476. The number of thiophene rings is 1. The molecule has 1 amide bonds. The van der Waals surface area contributed by atoms with Gasteiger partial charge in [0.15, 0.2) is 11.5 Å². The number of nitrogens with one attached hydrogen (secondary N) is 1.